The fraction of sp³-hybridized carbons (Fsp3) is 0.800. The molecule has 0 radical (unpaired) electrons. The molecule has 2 unspecified atom stereocenters. The van der Waals surface area contributed by atoms with E-state index in [0.717, 1.165) is 5.01 Å². The van der Waals surface area contributed by atoms with Gasteiger partial charge in [-0.1, -0.05) is 0 Å². The van der Waals surface area contributed by atoms with Gasteiger partial charge in [-0.25, -0.2) is 15.6 Å². The van der Waals surface area contributed by atoms with E-state index in [0.29, 0.717) is 0 Å². The highest BCUT2D eigenvalue weighted by Gasteiger charge is 2.36. The predicted molar refractivity (Wildman–Crippen MR) is 39.3 cm³/mol. The number of cyclic esters (lactones) is 1. The van der Waals surface area contributed by atoms with Crippen LogP contribution in [0.2, 0.25) is 0 Å². The molecule has 0 spiro atoms. The highest BCUT2D eigenvalue weighted by Crippen LogP contribution is 2.23. The fourth-order valence-electron chi connectivity index (χ4n) is 0.801. The average molecular weight is 162 g/mol. The number of carbonyl (C=O) groups excluding carboxylic acids is 1. The van der Waals surface area contributed by atoms with Gasteiger partial charge in [-0.2, -0.15) is 0 Å². The van der Waals surface area contributed by atoms with E-state index in [-0.39, 0.29) is 11.5 Å². The molecule has 1 amide bonds. The Kier molecular flexibility index (Phi) is 2.05. The van der Waals surface area contributed by atoms with E-state index in [9.17, 15) is 4.79 Å². The third-order valence-electron chi connectivity index (χ3n) is 1.49. The van der Waals surface area contributed by atoms with Gasteiger partial charge in [-0.05, 0) is 13.2 Å². The normalized spacial score (nSPS) is 32.7. The van der Waals surface area contributed by atoms with Crippen molar-refractivity contribution in [3.63, 3.8) is 0 Å². The Bertz CT molecular complexity index is 153. The highest BCUT2D eigenvalue weighted by molar-refractivity contribution is 7.99. The van der Waals surface area contributed by atoms with Crippen LogP contribution in [-0.2, 0) is 4.74 Å². The second kappa shape index (κ2) is 2.67. The Labute approximate surface area is 63.7 Å². The maximum absolute atomic E-state index is 10.7. The highest BCUT2D eigenvalue weighted by atomic mass is 32.2. The van der Waals surface area contributed by atoms with Gasteiger partial charge in [0, 0.05) is 0 Å². The molecule has 2 atom stereocenters. The molecule has 58 valence electrons. The number of nitrogens with two attached hydrogens (primary N) is 1. The molecule has 0 saturated carbocycles. The first-order valence-corrected chi connectivity index (χ1v) is 4.23. The van der Waals surface area contributed by atoms with Crippen LogP contribution in [0.1, 0.15) is 6.92 Å². The van der Waals surface area contributed by atoms with Crippen LogP contribution < -0.4 is 5.84 Å². The monoisotopic (exact) mass is 162 g/mol. The van der Waals surface area contributed by atoms with Crippen molar-refractivity contribution in [3.05, 3.63) is 0 Å². The predicted octanol–water partition coefficient (Wildman–Crippen LogP) is 0.390. The van der Waals surface area contributed by atoms with Gasteiger partial charge in [0.1, 0.15) is 0 Å². The smallest absolute Gasteiger partial charge is 0.425 e. The Morgan fingerprint density at radius 1 is 1.80 bits per heavy atom. The number of thioether (sulfide) groups is 1. The Balaban J connectivity index is 2.61. The second-order valence-corrected chi connectivity index (χ2v) is 3.07. The second-order valence-electron chi connectivity index (χ2n) is 2.14. The Hall–Kier alpha value is -0.420. The van der Waals surface area contributed by atoms with E-state index in [1.165, 1.54) is 11.8 Å². The lowest BCUT2D eigenvalue weighted by molar-refractivity contribution is 0.153. The number of amides is 1. The number of nitrogens with zero attached hydrogens (tertiary/aromatic N) is 1. The van der Waals surface area contributed by atoms with Crippen molar-refractivity contribution < 1.29 is 9.53 Å². The third kappa shape index (κ3) is 1.06. The molecule has 1 aliphatic rings. The lowest BCUT2D eigenvalue weighted by atomic mass is 10.4. The standard InChI is InChI=1S/C5H10N2O2S/c1-3-4(10-2)9-5(8)7(3)6/h3-4H,6H2,1-2H3. The summed E-state index contributed by atoms with van der Waals surface area (Å²) in [6.45, 7) is 1.85. The summed E-state index contributed by atoms with van der Waals surface area (Å²) in [6.07, 6.45) is 1.44. The van der Waals surface area contributed by atoms with Crippen LogP contribution in [0.4, 0.5) is 4.79 Å². The van der Waals surface area contributed by atoms with E-state index in [4.69, 9.17) is 10.6 Å². The molecular formula is C5H10N2O2S. The van der Waals surface area contributed by atoms with Crippen LogP contribution in [-0.4, -0.2) is 28.8 Å². The van der Waals surface area contributed by atoms with Crippen LogP contribution in [0.25, 0.3) is 0 Å². The number of hydrogen-bond acceptors (Lipinski definition) is 4. The molecule has 0 bridgehead atoms. The maximum atomic E-state index is 10.7. The summed E-state index contributed by atoms with van der Waals surface area (Å²) in [5.41, 5.74) is -0.113. The van der Waals surface area contributed by atoms with Crippen molar-refractivity contribution in [1.29, 1.82) is 0 Å². The molecule has 1 fully saturated rings. The molecule has 1 heterocycles. The van der Waals surface area contributed by atoms with Crippen molar-refractivity contribution in [2.24, 2.45) is 5.84 Å². The maximum Gasteiger partial charge on any atom is 0.425 e. The van der Waals surface area contributed by atoms with Crippen molar-refractivity contribution in [1.82, 2.24) is 5.01 Å². The molecule has 5 heteroatoms. The van der Waals surface area contributed by atoms with E-state index < -0.39 is 6.09 Å². The van der Waals surface area contributed by atoms with Crippen LogP contribution in [0.3, 0.4) is 0 Å². The zero-order valence-electron chi connectivity index (χ0n) is 5.90. The molecule has 2 N–H and O–H groups in total. The summed E-state index contributed by atoms with van der Waals surface area (Å²) in [4.78, 5) is 10.7. The molecule has 0 aromatic carbocycles. The van der Waals surface area contributed by atoms with Crippen LogP contribution in [0.5, 0.6) is 0 Å². The molecule has 10 heavy (non-hydrogen) atoms. The van der Waals surface area contributed by atoms with Crippen molar-refractivity contribution in [2.45, 2.75) is 18.4 Å². The van der Waals surface area contributed by atoms with E-state index in [1.54, 1.807) is 0 Å². The van der Waals surface area contributed by atoms with Gasteiger partial charge < -0.3 is 4.74 Å². The number of ether oxygens (including phenoxy) is 1. The largest absolute Gasteiger partial charge is 0.432 e. The minimum atomic E-state index is -0.438. The molecule has 0 aromatic heterocycles. The summed E-state index contributed by atoms with van der Waals surface area (Å²) in [7, 11) is 0. The van der Waals surface area contributed by atoms with E-state index in [2.05, 4.69) is 0 Å². The summed E-state index contributed by atoms with van der Waals surface area (Å²) in [6, 6.07) is -0.0255. The van der Waals surface area contributed by atoms with Crippen LogP contribution in [0, 0.1) is 0 Å². The van der Waals surface area contributed by atoms with Crippen LogP contribution in [0.15, 0.2) is 0 Å². The number of hydrazine groups is 1. The van der Waals surface area contributed by atoms with Gasteiger partial charge in [0.05, 0.1) is 6.04 Å². The van der Waals surface area contributed by atoms with E-state index in [1.807, 2.05) is 13.2 Å². The van der Waals surface area contributed by atoms with Gasteiger partial charge in [0.15, 0.2) is 5.44 Å². The topological polar surface area (TPSA) is 55.6 Å². The third-order valence-corrected chi connectivity index (χ3v) is 2.45. The van der Waals surface area contributed by atoms with Crippen molar-refractivity contribution >= 4 is 17.9 Å². The van der Waals surface area contributed by atoms with Gasteiger partial charge in [0.25, 0.3) is 0 Å². The molecule has 1 rings (SSSR count). The first-order chi connectivity index (χ1) is 4.66. The number of rotatable bonds is 1. The van der Waals surface area contributed by atoms with Gasteiger partial charge in [-0.3, -0.25) is 0 Å². The summed E-state index contributed by atoms with van der Waals surface area (Å²) < 4.78 is 4.86. The lowest BCUT2D eigenvalue weighted by Gasteiger charge is -2.12. The molecular weight excluding hydrogens is 152 g/mol. The van der Waals surface area contributed by atoms with Gasteiger partial charge in [-0.15, -0.1) is 11.8 Å². The molecule has 1 saturated heterocycles. The minimum absolute atomic E-state index is 0.0255. The summed E-state index contributed by atoms with van der Waals surface area (Å²) >= 11 is 1.48. The van der Waals surface area contributed by atoms with Crippen LogP contribution >= 0.6 is 11.8 Å². The van der Waals surface area contributed by atoms with Gasteiger partial charge >= 0.3 is 6.09 Å². The zero-order valence-corrected chi connectivity index (χ0v) is 6.72. The van der Waals surface area contributed by atoms with Crippen molar-refractivity contribution in [3.8, 4) is 0 Å². The Morgan fingerprint density at radius 3 is 2.60 bits per heavy atom. The zero-order chi connectivity index (χ0) is 7.72. The molecule has 4 nitrogen and oxygen atoms in total. The average Bonchev–Trinajstić information content (AvgIpc) is 2.17. The van der Waals surface area contributed by atoms with E-state index >= 15 is 0 Å². The first kappa shape index (κ1) is 7.68. The summed E-state index contributed by atoms with van der Waals surface area (Å²) in [5.74, 6) is 5.33. The quantitative estimate of drug-likeness (QED) is 0.447. The van der Waals surface area contributed by atoms with Gasteiger partial charge in [0.2, 0.25) is 0 Å². The molecule has 1 aliphatic heterocycles. The first-order valence-electron chi connectivity index (χ1n) is 2.94. The molecule has 0 aliphatic carbocycles. The summed E-state index contributed by atoms with van der Waals surface area (Å²) in [5, 5.41) is 1.11. The lowest BCUT2D eigenvalue weighted by Crippen LogP contribution is -2.38. The molecule has 0 aromatic rings. The minimum Gasteiger partial charge on any atom is -0.432 e. The number of carbonyl (C=O) groups is 1. The Morgan fingerprint density at radius 2 is 2.40 bits per heavy atom. The van der Waals surface area contributed by atoms with Crippen molar-refractivity contribution in [2.75, 3.05) is 6.26 Å². The SMILES string of the molecule is CSC1OC(=O)N(N)C1C. The number of hydrogen-bond donors (Lipinski definition) is 1. The fourth-order valence-corrected chi connectivity index (χ4v) is 1.50.